The van der Waals surface area contributed by atoms with Gasteiger partial charge in [-0.05, 0) is 31.1 Å². The molecule has 0 aromatic rings. The van der Waals surface area contributed by atoms with Gasteiger partial charge < -0.3 is 9.47 Å². The summed E-state index contributed by atoms with van der Waals surface area (Å²) in [7, 11) is 1.36. The van der Waals surface area contributed by atoms with Crippen molar-refractivity contribution in [3.8, 4) is 0 Å². The largest absolute Gasteiger partial charge is 0.468 e. The lowest BCUT2D eigenvalue weighted by atomic mass is 9.48. The van der Waals surface area contributed by atoms with Gasteiger partial charge in [0.15, 0.2) is 0 Å². The van der Waals surface area contributed by atoms with E-state index in [1.165, 1.54) is 7.11 Å². The first-order chi connectivity index (χ1) is 8.08. The molecule has 0 radical (unpaired) electrons. The Kier molecular flexibility index (Phi) is 3.25. The molecule has 0 bridgehead atoms. The van der Waals surface area contributed by atoms with E-state index in [1.807, 2.05) is 6.92 Å². The highest BCUT2D eigenvalue weighted by Crippen LogP contribution is 2.60. The maximum absolute atomic E-state index is 12.0. The number of Topliss-reactive ketones (excluding diaryl/α,β-unsaturated/α-hetero) is 1. The number of methoxy groups -OCH3 is 1. The van der Waals surface area contributed by atoms with Crippen LogP contribution in [0.4, 0.5) is 0 Å². The van der Waals surface area contributed by atoms with Crippen LogP contribution in [0.1, 0.15) is 39.0 Å². The Hall–Kier alpha value is -0.900. The van der Waals surface area contributed by atoms with Gasteiger partial charge >= 0.3 is 5.97 Å². The molecule has 2 fully saturated rings. The summed E-state index contributed by atoms with van der Waals surface area (Å²) in [5.74, 6) is -0.317. The fourth-order valence-electron chi connectivity index (χ4n) is 3.38. The monoisotopic (exact) mass is 240 g/mol. The van der Waals surface area contributed by atoms with Crippen molar-refractivity contribution in [2.75, 3.05) is 20.3 Å². The molecule has 4 heteroatoms. The molecule has 1 aliphatic heterocycles. The molecule has 1 aliphatic carbocycles. The van der Waals surface area contributed by atoms with Gasteiger partial charge in [-0.1, -0.05) is 6.92 Å². The SMILES string of the molecule is CCC(=O)C1(C(=O)OC)CC2(CCOCC2)C1. The Labute approximate surface area is 102 Å². The Morgan fingerprint density at radius 1 is 1.24 bits per heavy atom. The Balaban J connectivity index is 2.12. The van der Waals surface area contributed by atoms with Crippen LogP contribution in [0, 0.1) is 10.8 Å². The summed E-state index contributed by atoms with van der Waals surface area (Å²) in [6.07, 6.45) is 3.64. The van der Waals surface area contributed by atoms with Crippen LogP contribution in [-0.2, 0) is 19.1 Å². The molecule has 17 heavy (non-hydrogen) atoms. The maximum atomic E-state index is 12.0. The molecule has 0 atom stereocenters. The van der Waals surface area contributed by atoms with Gasteiger partial charge in [0.2, 0.25) is 0 Å². The first kappa shape index (κ1) is 12.6. The van der Waals surface area contributed by atoms with Crippen LogP contribution >= 0.6 is 0 Å². The number of ether oxygens (including phenoxy) is 2. The molecule has 1 spiro atoms. The summed E-state index contributed by atoms with van der Waals surface area (Å²) < 4.78 is 10.2. The van der Waals surface area contributed by atoms with Crippen molar-refractivity contribution in [2.45, 2.75) is 39.0 Å². The topological polar surface area (TPSA) is 52.6 Å². The molecule has 2 aliphatic rings. The smallest absolute Gasteiger partial charge is 0.319 e. The average molecular weight is 240 g/mol. The molecule has 0 aromatic carbocycles. The van der Waals surface area contributed by atoms with Crippen molar-refractivity contribution in [2.24, 2.45) is 10.8 Å². The third kappa shape index (κ3) is 1.88. The van der Waals surface area contributed by atoms with E-state index in [9.17, 15) is 9.59 Å². The molecular formula is C13H20O4. The van der Waals surface area contributed by atoms with Crippen molar-refractivity contribution in [3.63, 3.8) is 0 Å². The zero-order chi connectivity index (χ0) is 12.5. The van der Waals surface area contributed by atoms with Gasteiger partial charge in [-0.25, -0.2) is 0 Å². The van der Waals surface area contributed by atoms with Crippen molar-refractivity contribution in [1.29, 1.82) is 0 Å². The lowest BCUT2D eigenvalue weighted by molar-refractivity contribution is -0.182. The zero-order valence-electron chi connectivity index (χ0n) is 10.6. The molecule has 1 saturated heterocycles. The maximum Gasteiger partial charge on any atom is 0.319 e. The zero-order valence-corrected chi connectivity index (χ0v) is 10.6. The van der Waals surface area contributed by atoms with Crippen LogP contribution in [0.25, 0.3) is 0 Å². The number of carbonyl (C=O) groups is 2. The second kappa shape index (κ2) is 4.41. The van der Waals surface area contributed by atoms with Gasteiger partial charge in [-0.3, -0.25) is 9.59 Å². The van der Waals surface area contributed by atoms with Crippen LogP contribution in [0.5, 0.6) is 0 Å². The van der Waals surface area contributed by atoms with Gasteiger partial charge in [-0.15, -0.1) is 0 Å². The number of hydrogen-bond acceptors (Lipinski definition) is 4. The van der Waals surface area contributed by atoms with Gasteiger partial charge in [0, 0.05) is 19.6 Å². The van der Waals surface area contributed by atoms with Crippen LogP contribution in [0.15, 0.2) is 0 Å². The van der Waals surface area contributed by atoms with E-state index in [0.29, 0.717) is 19.3 Å². The summed E-state index contributed by atoms with van der Waals surface area (Å²) in [5.41, 5.74) is -0.696. The minimum Gasteiger partial charge on any atom is -0.468 e. The van der Waals surface area contributed by atoms with Crippen molar-refractivity contribution >= 4 is 11.8 Å². The minimum atomic E-state index is -0.846. The predicted octanol–water partition coefficient (Wildman–Crippen LogP) is 1.72. The highest BCUT2D eigenvalue weighted by atomic mass is 16.5. The van der Waals surface area contributed by atoms with Crippen LogP contribution < -0.4 is 0 Å². The van der Waals surface area contributed by atoms with E-state index in [4.69, 9.17) is 9.47 Å². The van der Waals surface area contributed by atoms with E-state index in [2.05, 4.69) is 0 Å². The van der Waals surface area contributed by atoms with Crippen LogP contribution in [0.2, 0.25) is 0 Å². The highest BCUT2D eigenvalue weighted by molar-refractivity contribution is 6.05. The lowest BCUT2D eigenvalue weighted by Gasteiger charge is -2.55. The lowest BCUT2D eigenvalue weighted by Crippen LogP contribution is -2.57. The van der Waals surface area contributed by atoms with Crippen molar-refractivity contribution in [3.05, 3.63) is 0 Å². The molecular weight excluding hydrogens is 220 g/mol. The number of carbonyl (C=O) groups excluding carboxylic acids is 2. The van der Waals surface area contributed by atoms with E-state index in [-0.39, 0.29) is 17.2 Å². The second-order valence-electron chi connectivity index (χ2n) is 5.32. The Bertz CT molecular complexity index is 302. The Morgan fingerprint density at radius 2 is 1.82 bits per heavy atom. The molecule has 0 amide bonds. The molecule has 4 nitrogen and oxygen atoms in total. The standard InChI is InChI=1S/C13H20O4/c1-3-10(14)13(11(15)16-2)8-12(9-13)4-6-17-7-5-12/h3-9H2,1-2H3. The molecule has 0 unspecified atom stereocenters. The van der Waals surface area contributed by atoms with E-state index < -0.39 is 5.41 Å². The van der Waals surface area contributed by atoms with Crippen molar-refractivity contribution < 1.29 is 19.1 Å². The van der Waals surface area contributed by atoms with Gasteiger partial charge in [-0.2, -0.15) is 0 Å². The third-order valence-electron chi connectivity index (χ3n) is 4.34. The Morgan fingerprint density at radius 3 is 2.29 bits per heavy atom. The number of hydrogen-bond donors (Lipinski definition) is 0. The highest BCUT2D eigenvalue weighted by Gasteiger charge is 2.62. The summed E-state index contributed by atoms with van der Waals surface area (Å²) in [6, 6.07) is 0. The van der Waals surface area contributed by atoms with Crippen LogP contribution in [-0.4, -0.2) is 32.1 Å². The second-order valence-corrected chi connectivity index (χ2v) is 5.32. The van der Waals surface area contributed by atoms with E-state index in [0.717, 1.165) is 26.1 Å². The number of ketones is 1. The molecule has 0 N–H and O–H groups in total. The molecule has 0 aromatic heterocycles. The van der Waals surface area contributed by atoms with Crippen molar-refractivity contribution in [1.82, 2.24) is 0 Å². The normalized spacial score (nSPS) is 25.1. The fourth-order valence-corrected chi connectivity index (χ4v) is 3.38. The summed E-state index contributed by atoms with van der Waals surface area (Å²) in [5, 5.41) is 0. The molecule has 2 rings (SSSR count). The predicted molar refractivity (Wildman–Crippen MR) is 61.5 cm³/mol. The van der Waals surface area contributed by atoms with Crippen LogP contribution in [0.3, 0.4) is 0 Å². The van der Waals surface area contributed by atoms with Gasteiger partial charge in [0.1, 0.15) is 11.2 Å². The fraction of sp³-hybridized carbons (Fsp3) is 0.846. The first-order valence-electron chi connectivity index (χ1n) is 6.28. The number of esters is 1. The third-order valence-corrected chi connectivity index (χ3v) is 4.34. The summed E-state index contributed by atoms with van der Waals surface area (Å²) >= 11 is 0. The average Bonchev–Trinajstić information content (AvgIpc) is 2.34. The van der Waals surface area contributed by atoms with Gasteiger partial charge in [0.05, 0.1) is 7.11 Å². The van der Waals surface area contributed by atoms with E-state index >= 15 is 0 Å². The minimum absolute atomic E-state index is 0.0291. The molecule has 1 heterocycles. The first-order valence-corrected chi connectivity index (χ1v) is 6.28. The molecule has 96 valence electrons. The summed E-state index contributed by atoms with van der Waals surface area (Å²) in [6.45, 7) is 3.30. The summed E-state index contributed by atoms with van der Waals surface area (Å²) in [4.78, 5) is 23.9. The quantitative estimate of drug-likeness (QED) is 0.556. The van der Waals surface area contributed by atoms with E-state index in [1.54, 1.807) is 0 Å². The van der Waals surface area contributed by atoms with Gasteiger partial charge in [0.25, 0.3) is 0 Å². The molecule has 1 saturated carbocycles. The number of rotatable bonds is 3.